The predicted octanol–water partition coefficient (Wildman–Crippen LogP) is 2.51. The van der Waals surface area contributed by atoms with Crippen molar-refractivity contribution >= 4 is 17.4 Å². The normalized spacial score (nSPS) is 19.8. The number of aryl methyl sites for hydroxylation is 1. The summed E-state index contributed by atoms with van der Waals surface area (Å²) in [6, 6.07) is 8.00. The molecule has 26 heavy (non-hydrogen) atoms. The molecule has 0 aromatic heterocycles. The van der Waals surface area contributed by atoms with Crippen molar-refractivity contribution in [3.8, 4) is 0 Å². The van der Waals surface area contributed by atoms with E-state index in [0.717, 1.165) is 37.1 Å². The summed E-state index contributed by atoms with van der Waals surface area (Å²) in [5.74, 6) is -0.342. The molecule has 2 aliphatic rings. The Labute approximate surface area is 156 Å². The van der Waals surface area contributed by atoms with Crippen LogP contribution in [0.2, 0.25) is 0 Å². The van der Waals surface area contributed by atoms with Gasteiger partial charge in [-0.05, 0) is 59.3 Å². The van der Waals surface area contributed by atoms with Crippen LogP contribution in [0.15, 0.2) is 30.0 Å². The average Bonchev–Trinajstić information content (AvgIpc) is 2.86. The number of likely N-dealkylation sites (N-methyl/N-ethyl adjacent to an activating group) is 1. The molecule has 0 atom stereocenters. The molecule has 0 aliphatic carbocycles. The molecular formula is C21H29N3O2. The number of imide groups is 1. The van der Waals surface area contributed by atoms with Gasteiger partial charge in [0.15, 0.2) is 0 Å². The van der Waals surface area contributed by atoms with Gasteiger partial charge in [-0.2, -0.15) is 0 Å². The maximum atomic E-state index is 13.2. The number of amides is 2. The van der Waals surface area contributed by atoms with Crippen LogP contribution >= 0.6 is 0 Å². The maximum absolute atomic E-state index is 13.2. The topological polar surface area (TPSA) is 43.9 Å². The smallest absolute Gasteiger partial charge is 0.278 e. The summed E-state index contributed by atoms with van der Waals surface area (Å²) in [6.45, 7) is 7.82. The zero-order chi connectivity index (χ0) is 19.0. The number of benzene rings is 1. The second-order valence-electron chi connectivity index (χ2n) is 7.81. The van der Waals surface area contributed by atoms with Crippen LogP contribution in [0.3, 0.4) is 0 Å². The van der Waals surface area contributed by atoms with E-state index >= 15 is 0 Å². The van der Waals surface area contributed by atoms with E-state index < -0.39 is 0 Å². The highest BCUT2D eigenvalue weighted by molar-refractivity contribution is 6.35. The molecule has 2 amide bonds. The lowest BCUT2D eigenvalue weighted by molar-refractivity contribution is -0.139. The summed E-state index contributed by atoms with van der Waals surface area (Å²) in [6.07, 6.45) is 2.00. The number of piperidine rings is 1. The van der Waals surface area contributed by atoms with Gasteiger partial charge in [0.05, 0.1) is 5.57 Å². The quantitative estimate of drug-likeness (QED) is 0.779. The lowest BCUT2D eigenvalue weighted by Gasteiger charge is -2.36. The molecule has 140 valence electrons. The Morgan fingerprint density at radius 3 is 2.15 bits per heavy atom. The van der Waals surface area contributed by atoms with E-state index in [2.05, 4.69) is 16.8 Å². The highest BCUT2D eigenvalue weighted by Crippen LogP contribution is 2.34. The number of carbonyl (C=O) groups is 2. The fourth-order valence-electron chi connectivity index (χ4n) is 3.88. The molecule has 1 saturated heterocycles. The lowest BCUT2D eigenvalue weighted by atomic mass is 9.99. The zero-order valence-corrected chi connectivity index (χ0v) is 16.5. The van der Waals surface area contributed by atoms with E-state index in [1.165, 1.54) is 4.90 Å². The summed E-state index contributed by atoms with van der Waals surface area (Å²) in [4.78, 5) is 32.0. The minimum Gasteiger partial charge on any atom is -0.366 e. The van der Waals surface area contributed by atoms with Gasteiger partial charge in [0.2, 0.25) is 0 Å². The molecule has 2 aliphatic heterocycles. The van der Waals surface area contributed by atoms with Crippen LogP contribution in [-0.4, -0.2) is 65.8 Å². The van der Waals surface area contributed by atoms with Gasteiger partial charge in [0.1, 0.15) is 5.70 Å². The van der Waals surface area contributed by atoms with E-state index in [0.29, 0.717) is 11.3 Å². The van der Waals surface area contributed by atoms with Crippen molar-refractivity contribution in [2.75, 3.05) is 27.2 Å². The Balaban J connectivity index is 2.03. The van der Waals surface area contributed by atoms with Gasteiger partial charge in [-0.3, -0.25) is 14.5 Å². The van der Waals surface area contributed by atoms with Crippen molar-refractivity contribution in [1.29, 1.82) is 0 Å². The van der Waals surface area contributed by atoms with Crippen molar-refractivity contribution in [3.05, 3.63) is 41.1 Å². The molecule has 1 fully saturated rings. The predicted molar refractivity (Wildman–Crippen MR) is 103 cm³/mol. The summed E-state index contributed by atoms with van der Waals surface area (Å²) in [5, 5.41) is 0. The van der Waals surface area contributed by atoms with Crippen LogP contribution in [-0.2, 0) is 9.59 Å². The second-order valence-corrected chi connectivity index (χ2v) is 7.81. The summed E-state index contributed by atoms with van der Waals surface area (Å²) in [5.41, 5.74) is 3.07. The van der Waals surface area contributed by atoms with Crippen LogP contribution in [0, 0.1) is 6.92 Å². The van der Waals surface area contributed by atoms with Crippen LogP contribution in [0.4, 0.5) is 0 Å². The van der Waals surface area contributed by atoms with Crippen LogP contribution < -0.4 is 0 Å². The van der Waals surface area contributed by atoms with E-state index in [1.807, 2.05) is 52.1 Å². The number of rotatable bonds is 4. The highest BCUT2D eigenvalue weighted by atomic mass is 16.2. The highest BCUT2D eigenvalue weighted by Gasteiger charge is 2.43. The molecule has 1 aromatic carbocycles. The first kappa shape index (κ1) is 18.6. The van der Waals surface area contributed by atoms with E-state index in [9.17, 15) is 9.59 Å². The largest absolute Gasteiger partial charge is 0.366 e. The van der Waals surface area contributed by atoms with E-state index in [1.54, 1.807) is 0 Å². The number of hydrogen-bond acceptors (Lipinski definition) is 4. The van der Waals surface area contributed by atoms with E-state index in [-0.39, 0.29) is 23.9 Å². The summed E-state index contributed by atoms with van der Waals surface area (Å²) < 4.78 is 0. The minimum atomic E-state index is -0.177. The van der Waals surface area contributed by atoms with Gasteiger partial charge in [-0.1, -0.05) is 29.8 Å². The zero-order valence-electron chi connectivity index (χ0n) is 16.5. The molecule has 5 nitrogen and oxygen atoms in total. The minimum absolute atomic E-state index is 0.154. The molecule has 0 bridgehead atoms. The Hall–Kier alpha value is -2.14. The second kappa shape index (κ2) is 7.23. The van der Waals surface area contributed by atoms with Gasteiger partial charge in [-0.25, -0.2) is 0 Å². The van der Waals surface area contributed by atoms with Crippen molar-refractivity contribution in [2.45, 2.75) is 45.7 Å². The van der Waals surface area contributed by atoms with Crippen LogP contribution in [0.25, 0.3) is 5.57 Å². The average molecular weight is 355 g/mol. The number of carbonyl (C=O) groups excluding carboxylic acids is 2. The lowest BCUT2D eigenvalue weighted by Crippen LogP contribution is -2.44. The first-order valence-electron chi connectivity index (χ1n) is 9.41. The first-order valence-corrected chi connectivity index (χ1v) is 9.41. The third-order valence-corrected chi connectivity index (χ3v) is 5.54. The molecule has 0 radical (unpaired) electrons. The Morgan fingerprint density at radius 1 is 1.04 bits per heavy atom. The van der Waals surface area contributed by atoms with Gasteiger partial charge in [-0.15, -0.1) is 0 Å². The first-order chi connectivity index (χ1) is 12.3. The van der Waals surface area contributed by atoms with Crippen molar-refractivity contribution < 1.29 is 9.59 Å². The molecule has 0 unspecified atom stereocenters. The molecule has 0 saturated carbocycles. The van der Waals surface area contributed by atoms with Crippen LogP contribution in [0.5, 0.6) is 0 Å². The molecule has 3 rings (SSSR count). The number of hydrogen-bond donors (Lipinski definition) is 0. The Morgan fingerprint density at radius 2 is 1.62 bits per heavy atom. The van der Waals surface area contributed by atoms with E-state index in [4.69, 9.17) is 0 Å². The third-order valence-electron chi connectivity index (χ3n) is 5.54. The fraction of sp³-hybridized carbons (Fsp3) is 0.524. The summed E-state index contributed by atoms with van der Waals surface area (Å²) in [7, 11) is 4.09. The summed E-state index contributed by atoms with van der Waals surface area (Å²) >= 11 is 0. The third kappa shape index (κ3) is 3.28. The molecular weight excluding hydrogens is 326 g/mol. The van der Waals surface area contributed by atoms with Crippen molar-refractivity contribution in [2.24, 2.45) is 0 Å². The molecule has 0 spiro atoms. The number of likely N-dealkylation sites (tertiary alicyclic amines) is 1. The van der Waals surface area contributed by atoms with Gasteiger partial charge in [0.25, 0.3) is 11.8 Å². The molecule has 1 aromatic rings. The molecule has 5 heteroatoms. The maximum Gasteiger partial charge on any atom is 0.278 e. The van der Waals surface area contributed by atoms with Crippen molar-refractivity contribution in [3.63, 3.8) is 0 Å². The fourth-order valence-corrected chi connectivity index (χ4v) is 3.88. The van der Waals surface area contributed by atoms with Crippen molar-refractivity contribution in [1.82, 2.24) is 14.7 Å². The van der Waals surface area contributed by atoms with Gasteiger partial charge >= 0.3 is 0 Å². The molecule has 0 N–H and O–H groups in total. The van der Waals surface area contributed by atoms with Gasteiger partial charge < -0.3 is 9.80 Å². The van der Waals surface area contributed by atoms with Gasteiger partial charge in [0, 0.05) is 19.1 Å². The SMILES string of the molecule is Cc1ccc(C2=C(N(C)C3CCN(C)CC3)C(=O)N(C(C)C)C2=O)cc1. The molecule has 2 heterocycles. The Kier molecular flexibility index (Phi) is 5.19. The number of nitrogens with zero attached hydrogens (tertiary/aromatic N) is 3. The monoisotopic (exact) mass is 355 g/mol. The standard InChI is InChI=1S/C21H29N3O2/c1-14(2)24-20(25)18(16-8-6-15(3)7-9-16)19(21(24)26)23(5)17-10-12-22(4)13-11-17/h6-9,14,17H,10-13H2,1-5H3. The Bertz CT molecular complexity index is 728. The van der Waals surface area contributed by atoms with Crippen LogP contribution in [0.1, 0.15) is 37.8 Å².